The van der Waals surface area contributed by atoms with E-state index in [1.165, 1.54) is 6.07 Å². The zero-order valence-corrected chi connectivity index (χ0v) is 11.1. The monoisotopic (exact) mass is 272 g/mol. The van der Waals surface area contributed by atoms with Crippen LogP contribution in [0.25, 0.3) is 0 Å². The molecule has 2 aromatic carbocycles. The van der Waals surface area contributed by atoms with Crippen molar-refractivity contribution in [3.63, 3.8) is 0 Å². The highest BCUT2D eigenvalue weighted by Crippen LogP contribution is 2.13. The topological polar surface area (TPSA) is 27.0 Å². The Hall–Kier alpha value is -2.25. The summed E-state index contributed by atoms with van der Waals surface area (Å²) < 4.78 is 26.0. The lowest BCUT2D eigenvalue weighted by molar-refractivity contribution is 0.318. The van der Waals surface area contributed by atoms with Crippen LogP contribution in [0.4, 0.5) is 8.78 Å². The number of hydrogen-bond acceptors (Lipinski definition) is 2. The van der Waals surface area contributed by atoms with Gasteiger partial charge < -0.3 is 0 Å². The first-order valence-corrected chi connectivity index (χ1v) is 6.20. The molecule has 0 aliphatic heterocycles. The number of nitriles is 1. The Morgan fingerprint density at radius 1 is 1.00 bits per heavy atom. The lowest BCUT2D eigenvalue weighted by atomic mass is 10.1. The molecule has 2 nitrogen and oxygen atoms in total. The smallest absolute Gasteiger partial charge is 0.159 e. The van der Waals surface area contributed by atoms with E-state index in [9.17, 15) is 8.78 Å². The fourth-order valence-electron chi connectivity index (χ4n) is 2.06. The number of hydrogen-bond donors (Lipinski definition) is 0. The van der Waals surface area contributed by atoms with Gasteiger partial charge in [-0.15, -0.1) is 0 Å². The van der Waals surface area contributed by atoms with Crippen molar-refractivity contribution in [1.82, 2.24) is 4.90 Å². The molecule has 2 rings (SSSR count). The minimum atomic E-state index is -0.835. The van der Waals surface area contributed by atoms with Gasteiger partial charge in [-0.25, -0.2) is 8.78 Å². The zero-order chi connectivity index (χ0) is 14.5. The highest BCUT2D eigenvalue weighted by molar-refractivity contribution is 5.32. The molecule has 4 heteroatoms. The van der Waals surface area contributed by atoms with Crippen LogP contribution in [0.5, 0.6) is 0 Å². The maximum absolute atomic E-state index is 13.1. The van der Waals surface area contributed by atoms with Crippen molar-refractivity contribution in [2.75, 3.05) is 7.05 Å². The Kier molecular flexibility index (Phi) is 4.44. The van der Waals surface area contributed by atoms with Gasteiger partial charge in [0.2, 0.25) is 0 Å². The van der Waals surface area contributed by atoms with Crippen LogP contribution in [0.2, 0.25) is 0 Å². The van der Waals surface area contributed by atoms with Crippen LogP contribution >= 0.6 is 0 Å². The van der Waals surface area contributed by atoms with Gasteiger partial charge in [0.05, 0.1) is 11.6 Å². The lowest BCUT2D eigenvalue weighted by Crippen LogP contribution is -2.17. The van der Waals surface area contributed by atoms with E-state index in [4.69, 9.17) is 5.26 Å². The van der Waals surface area contributed by atoms with Crippen molar-refractivity contribution in [1.29, 1.82) is 5.26 Å². The fourth-order valence-corrected chi connectivity index (χ4v) is 2.06. The van der Waals surface area contributed by atoms with Gasteiger partial charge in [0, 0.05) is 13.1 Å². The Bertz CT molecular complexity index is 647. The van der Waals surface area contributed by atoms with E-state index in [-0.39, 0.29) is 0 Å². The van der Waals surface area contributed by atoms with Crippen molar-refractivity contribution in [3.8, 4) is 6.07 Å². The van der Waals surface area contributed by atoms with Crippen molar-refractivity contribution in [3.05, 3.63) is 70.8 Å². The minimum Gasteiger partial charge on any atom is -0.298 e. The Balaban J connectivity index is 2.03. The van der Waals surface area contributed by atoms with Gasteiger partial charge in [-0.3, -0.25) is 4.90 Å². The van der Waals surface area contributed by atoms with Gasteiger partial charge in [0.15, 0.2) is 11.6 Å². The second kappa shape index (κ2) is 6.27. The van der Waals surface area contributed by atoms with E-state index in [1.807, 2.05) is 30.1 Å². The molecule has 0 unspecified atom stereocenters. The summed E-state index contributed by atoms with van der Waals surface area (Å²) in [6.45, 7) is 1.14. The van der Waals surface area contributed by atoms with E-state index in [2.05, 4.69) is 6.07 Å². The van der Waals surface area contributed by atoms with Crippen LogP contribution in [-0.4, -0.2) is 11.9 Å². The lowest BCUT2D eigenvalue weighted by Gasteiger charge is -2.17. The van der Waals surface area contributed by atoms with Gasteiger partial charge in [-0.05, 0) is 42.4 Å². The van der Waals surface area contributed by atoms with Crippen molar-refractivity contribution in [2.45, 2.75) is 13.1 Å². The average Bonchev–Trinajstić information content (AvgIpc) is 2.43. The van der Waals surface area contributed by atoms with E-state index in [1.54, 1.807) is 12.1 Å². The van der Waals surface area contributed by atoms with Gasteiger partial charge in [0.25, 0.3) is 0 Å². The summed E-state index contributed by atoms with van der Waals surface area (Å²) in [7, 11) is 1.89. The Morgan fingerprint density at radius 3 is 2.35 bits per heavy atom. The third kappa shape index (κ3) is 3.62. The summed E-state index contributed by atoms with van der Waals surface area (Å²) >= 11 is 0. The number of benzene rings is 2. The second-order valence-corrected chi connectivity index (χ2v) is 4.73. The number of rotatable bonds is 4. The molecule has 0 saturated heterocycles. The average molecular weight is 272 g/mol. The maximum atomic E-state index is 13.1. The summed E-state index contributed by atoms with van der Waals surface area (Å²) in [6, 6.07) is 13.3. The van der Waals surface area contributed by atoms with Crippen LogP contribution in [0.3, 0.4) is 0 Å². The zero-order valence-electron chi connectivity index (χ0n) is 11.1. The van der Waals surface area contributed by atoms with Crippen LogP contribution in [0.1, 0.15) is 16.7 Å². The van der Waals surface area contributed by atoms with Crippen molar-refractivity contribution in [2.24, 2.45) is 0 Å². The largest absolute Gasteiger partial charge is 0.298 e. The van der Waals surface area contributed by atoms with E-state index in [0.29, 0.717) is 24.2 Å². The fraction of sp³-hybridized carbons (Fsp3) is 0.188. The Morgan fingerprint density at radius 2 is 1.70 bits per heavy atom. The molecule has 0 N–H and O–H groups in total. The molecule has 0 bridgehead atoms. The highest BCUT2D eigenvalue weighted by atomic mass is 19.2. The standard InChI is InChI=1S/C16H14F2N2/c1-20(10-13-4-2-3-12(7-13)9-19)11-14-5-6-15(17)16(18)8-14/h2-8H,10-11H2,1H3. The predicted octanol–water partition coefficient (Wildman–Crippen LogP) is 3.47. The van der Waals surface area contributed by atoms with E-state index in [0.717, 1.165) is 11.6 Å². The molecule has 0 heterocycles. The van der Waals surface area contributed by atoms with Crippen LogP contribution in [-0.2, 0) is 13.1 Å². The number of nitrogens with zero attached hydrogens (tertiary/aromatic N) is 2. The quantitative estimate of drug-likeness (QED) is 0.852. The van der Waals surface area contributed by atoms with E-state index < -0.39 is 11.6 Å². The van der Waals surface area contributed by atoms with Gasteiger partial charge in [0.1, 0.15) is 0 Å². The van der Waals surface area contributed by atoms with Crippen LogP contribution in [0.15, 0.2) is 42.5 Å². The third-order valence-electron chi connectivity index (χ3n) is 2.95. The van der Waals surface area contributed by atoms with Gasteiger partial charge in [-0.2, -0.15) is 5.26 Å². The highest BCUT2D eigenvalue weighted by Gasteiger charge is 2.06. The molecular weight excluding hydrogens is 258 g/mol. The normalized spacial score (nSPS) is 10.6. The first-order valence-electron chi connectivity index (χ1n) is 6.20. The molecule has 0 aliphatic rings. The molecule has 102 valence electrons. The summed E-state index contributed by atoms with van der Waals surface area (Å²) in [5, 5.41) is 8.85. The number of halogens is 2. The van der Waals surface area contributed by atoms with Crippen molar-refractivity contribution < 1.29 is 8.78 Å². The molecule has 2 aromatic rings. The molecule has 0 aromatic heterocycles. The molecule has 0 spiro atoms. The van der Waals surface area contributed by atoms with Crippen LogP contribution in [0, 0.1) is 23.0 Å². The Labute approximate surface area is 116 Å². The molecule has 0 fully saturated rings. The first kappa shape index (κ1) is 14.2. The van der Waals surface area contributed by atoms with Gasteiger partial charge >= 0.3 is 0 Å². The third-order valence-corrected chi connectivity index (χ3v) is 2.95. The van der Waals surface area contributed by atoms with Crippen LogP contribution < -0.4 is 0 Å². The minimum absolute atomic E-state index is 0.508. The molecule has 20 heavy (non-hydrogen) atoms. The van der Waals surface area contributed by atoms with Gasteiger partial charge in [-0.1, -0.05) is 18.2 Å². The summed E-state index contributed by atoms with van der Waals surface area (Å²) in [4.78, 5) is 1.98. The molecule has 0 amide bonds. The molecular formula is C16H14F2N2. The summed E-state index contributed by atoms with van der Waals surface area (Å²) in [5.74, 6) is -1.67. The second-order valence-electron chi connectivity index (χ2n) is 4.73. The SMILES string of the molecule is CN(Cc1cccc(C#N)c1)Cc1ccc(F)c(F)c1. The molecule has 0 radical (unpaired) electrons. The molecule has 0 aliphatic carbocycles. The molecule has 0 atom stereocenters. The molecule has 0 saturated carbocycles. The first-order chi connectivity index (χ1) is 9.58. The maximum Gasteiger partial charge on any atom is 0.159 e. The predicted molar refractivity (Wildman–Crippen MR) is 72.7 cm³/mol. The summed E-state index contributed by atoms with van der Waals surface area (Å²) in [6.07, 6.45) is 0. The van der Waals surface area contributed by atoms with E-state index >= 15 is 0 Å². The summed E-state index contributed by atoms with van der Waals surface area (Å²) in [5.41, 5.74) is 2.33. The van der Waals surface area contributed by atoms with Crippen molar-refractivity contribution >= 4 is 0 Å².